The fourth-order valence-corrected chi connectivity index (χ4v) is 1.87. The fraction of sp³-hybridized carbons (Fsp3) is 0.533. The van der Waals surface area contributed by atoms with Gasteiger partial charge in [0, 0.05) is 25.2 Å². The molecule has 0 atom stereocenters. The predicted octanol–water partition coefficient (Wildman–Crippen LogP) is 2.62. The topological polar surface area (TPSA) is 93.5 Å². The Hall–Kier alpha value is -2.11. The molecule has 0 saturated heterocycles. The molecule has 6 heteroatoms. The molecule has 0 fully saturated rings. The lowest BCUT2D eigenvalue weighted by atomic mass is 10.1. The highest BCUT2D eigenvalue weighted by Gasteiger charge is 2.03. The van der Waals surface area contributed by atoms with Crippen LogP contribution in [0.1, 0.15) is 38.2 Å². The van der Waals surface area contributed by atoms with Gasteiger partial charge in [-0.2, -0.15) is 0 Å². The lowest BCUT2D eigenvalue weighted by molar-refractivity contribution is -0.384. The first-order valence-corrected chi connectivity index (χ1v) is 7.40. The van der Waals surface area contributed by atoms with E-state index < -0.39 is 0 Å². The number of rotatable bonds is 9. The van der Waals surface area contributed by atoms with E-state index in [2.05, 4.69) is 17.2 Å². The number of nitro groups is 1. The largest absolute Gasteiger partial charge is 0.370 e. The Bertz CT molecular complexity index is 457. The maximum Gasteiger partial charge on any atom is 0.269 e. The molecule has 116 valence electrons. The summed E-state index contributed by atoms with van der Waals surface area (Å²) in [6, 6.07) is 6.70. The van der Waals surface area contributed by atoms with Crippen LogP contribution in [0.4, 0.5) is 5.69 Å². The van der Waals surface area contributed by atoms with E-state index in [1.165, 1.54) is 0 Å². The molecule has 0 aliphatic rings. The highest BCUT2D eigenvalue weighted by atomic mass is 16.6. The Kier molecular flexibility index (Phi) is 7.86. The molecule has 0 spiro atoms. The van der Waals surface area contributed by atoms with E-state index >= 15 is 0 Å². The SMILES string of the molecule is CCCCNC(N)=NCCCCc1ccc([N+](=O)[O-])cc1. The first kappa shape index (κ1) is 16.9. The van der Waals surface area contributed by atoms with Gasteiger partial charge in [0.2, 0.25) is 0 Å². The lowest BCUT2D eigenvalue weighted by Crippen LogP contribution is -2.32. The minimum atomic E-state index is -0.382. The summed E-state index contributed by atoms with van der Waals surface area (Å²) in [6.45, 7) is 3.71. The summed E-state index contributed by atoms with van der Waals surface area (Å²) in [5.41, 5.74) is 6.97. The van der Waals surface area contributed by atoms with Crippen molar-refractivity contribution >= 4 is 11.6 Å². The molecular formula is C15H24N4O2. The second kappa shape index (κ2) is 9.74. The Balaban J connectivity index is 2.19. The minimum Gasteiger partial charge on any atom is -0.370 e. The summed E-state index contributed by atoms with van der Waals surface area (Å²) in [5.74, 6) is 0.513. The molecule has 0 aliphatic heterocycles. The second-order valence-electron chi connectivity index (χ2n) is 4.93. The van der Waals surface area contributed by atoms with E-state index in [4.69, 9.17) is 5.73 Å². The molecule has 0 bridgehead atoms. The minimum absolute atomic E-state index is 0.134. The molecular weight excluding hydrogens is 268 g/mol. The van der Waals surface area contributed by atoms with Gasteiger partial charge in [-0.15, -0.1) is 0 Å². The number of aliphatic imine (C=N–C) groups is 1. The van der Waals surface area contributed by atoms with Crippen molar-refractivity contribution in [3.05, 3.63) is 39.9 Å². The summed E-state index contributed by atoms with van der Waals surface area (Å²) in [4.78, 5) is 14.4. The predicted molar refractivity (Wildman–Crippen MR) is 85.4 cm³/mol. The number of nitrogens with zero attached hydrogens (tertiary/aromatic N) is 2. The zero-order valence-electron chi connectivity index (χ0n) is 12.5. The number of nitro benzene ring substituents is 1. The monoisotopic (exact) mass is 292 g/mol. The van der Waals surface area contributed by atoms with Gasteiger partial charge in [0.15, 0.2) is 5.96 Å². The van der Waals surface area contributed by atoms with Crippen LogP contribution in [0.25, 0.3) is 0 Å². The third-order valence-corrected chi connectivity index (χ3v) is 3.14. The first-order valence-electron chi connectivity index (χ1n) is 7.40. The van der Waals surface area contributed by atoms with Crippen molar-refractivity contribution in [2.45, 2.75) is 39.0 Å². The van der Waals surface area contributed by atoms with E-state index in [1.807, 2.05) is 12.1 Å². The Morgan fingerprint density at radius 2 is 2.00 bits per heavy atom. The number of hydrogen-bond donors (Lipinski definition) is 2. The van der Waals surface area contributed by atoms with Crippen molar-refractivity contribution in [1.82, 2.24) is 5.32 Å². The maximum atomic E-state index is 10.5. The molecule has 6 nitrogen and oxygen atoms in total. The molecule has 1 aromatic carbocycles. The molecule has 1 aromatic rings. The average Bonchev–Trinajstić information content (AvgIpc) is 2.47. The van der Waals surface area contributed by atoms with E-state index in [9.17, 15) is 10.1 Å². The average molecular weight is 292 g/mol. The van der Waals surface area contributed by atoms with Crippen molar-refractivity contribution < 1.29 is 4.92 Å². The van der Waals surface area contributed by atoms with Crippen molar-refractivity contribution in [1.29, 1.82) is 0 Å². The molecule has 0 aromatic heterocycles. The quantitative estimate of drug-likeness (QED) is 0.240. The van der Waals surface area contributed by atoms with Crippen LogP contribution in [0, 0.1) is 10.1 Å². The van der Waals surface area contributed by atoms with Crippen molar-refractivity contribution in [3.8, 4) is 0 Å². The zero-order valence-corrected chi connectivity index (χ0v) is 12.5. The number of unbranched alkanes of at least 4 members (excludes halogenated alkanes) is 2. The highest BCUT2D eigenvalue weighted by molar-refractivity contribution is 5.77. The van der Waals surface area contributed by atoms with E-state index in [-0.39, 0.29) is 10.6 Å². The Morgan fingerprint density at radius 3 is 2.62 bits per heavy atom. The van der Waals surface area contributed by atoms with Crippen LogP contribution in [0.5, 0.6) is 0 Å². The van der Waals surface area contributed by atoms with Crippen molar-refractivity contribution in [3.63, 3.8) is 0 Å². The Labute approximate surface area is 125 Å². The van der Waals surface area contributed by atoms with Crippen LogP contribution < -0.4 is 11.1 Å². The van der Waals surface area contributed by atoms with Crippen LogP contribution in [0.3, 0.4) is 0 Å². The number of guanidine groups is 1. The normalized spacial score (nSPS) is 11.4. The summed E-state index contributed by atoms with van der Waals surface area (Å²) < 4.78 is 0. The maximum absolute atomic E-state index is 10.5. The van der Waals surface area contributed by atoms with Gasteiger partial charge >= 0.3 is 0 Å². The van der Waals surface area contributed by atoms with Gasteiger partial charge in [-0.1, -0.05) is 25.5 Å². The van der Waals surface area contributed by atoms with Gasteiger partial charge in [-0.25, -0.2) is 0 Å². The van der Waals surface area contributed by atoms with Crippen molar-refractivity contribution in [2.75, 3.05) is 13.1 Å². The fourth-order valence-electron chi connectivity index (χ4n) is 1.87. The smallest absolute Gasteiger partial charge is 0.269 e. The van der Waals surface area contributed by atoms with Gasteiger partial charge in [0.25, 0.3) is 5.69 Å². The highest BCUT2D eigenvalue weighted by Crippen LogP contribution is 2.13. The molecule has 21 heavy (non-hydrogen) atoms. The van der Waals surface area contributed by atoms with E-state index in [1.54, 1.807) is 12.1 Å². The number of nitrogens with one attached hydrogen (secondary N) is 1. The third-order valence-electron chi connectivity index (χ3n) is 3.14. The lowest BCUT2D eigenvalue weighted by Gasteiger charge is -2.04. The summed E-state index contributed by atoms with van der Waals surface area (Å²) >= 11 is 0. The molecule has 0 unspecified atom stereocenters. The van der Waals surface area contributed by atoms with Crippen molar-refractivity contribution in [2.24, 2.45) is 10.7 Å². The van der Waals surface area contributed by atoms with Gasteiger partial charge in [0.1, 0.15) is 0 Å². The number of nitrogens with two attached hydrogens (primary N) is 1. The van der Waals surface area contributed by atoms with E-state index in [0.29, 0.717) is 12.5 Å². The first-order chi connectivity index (χ1) is 10.1. The van der Waals surface area contributed by atoms with Gasteiger partial charge < -0.3 is 11.1 Å². The van der Waals surface area contributed by atoms with Gasteiger partial charge in [-0.05, 0) is 31.2 Å². The summed E-state index contributed by atoms with van der Waals surface area (Å²) in [5, 5.41) is 13.6. The molecule has 3 N–H and O–H groups in total. The zero-order chi connectivity index (χ0) is 15.5. The molecule has 0 heterocycles. The van der Waals surface area contributed by atoms with Crippen LogP contribution in [-0.2, 0) is 6.42 Å². The van der Waals surface area contributed by atoms with Crippen LogP contribution in [0.15, 0.2) is 29.3 Å². The summed E-state index contributed by atoms with van der Waals surface area (Å²) in [7, 11) is 0. The van der Waals surface area contributed by atoms with Crippen LogP contribution in [-0.4, -0.2) is 24.0 Å². The molecule has 0 saturated carbocycles. The number of aryl methyl sites for hydroxylation is 1. The standard InChI is InChI=1S/C15H24N4O2/c1-2-3-11-17-15(16)18-12-5-4-6-13-7-9-14(10-8-13)19(20)21/h7-10H,2-6,11-12H2,1H3,(H3,16,17,18). The second-order valence-corrected chi connectivity index (χ2v) is 4.93. The third kappa shape index (κ3) is 7.29. The molecule has 0 aliphatic carbocycles. The van der Waals surface area contributed by atoms with Gasteiger partial charge in [-0.3, -0.25) is 15.1 Å². The van der Waals surface area contributed by atoms with Crippen LogP contribution in [0.2, 0.25) is 0 Å². The number of non-ortho nitro benzene ring substituents is 1. The molecule has 0 amide bonds. The molecule has 1 rings (SSSR count). The number of hydrogen-bond acceptors (Lipinski definition) is 3. The summed E-state index contributed by atoms with van der Waals surface area (Å²) in [6.07, 6.45) is 5.07. The van der Waals surface area contributed by atoms with Crippen LogP contribution >= 0.6 is 0 Å². The molecule has 0 radical (unpaired) electrons. The van der Waals surface area contributed by atoms with E-state index in [0.717, 1.165) is 44.2 Å². The number of benzene rings is 1. The Morgan fingerprint density at radius 1 is 1.29 bits per heavy atom. The van der Waals surface area contributed by atoms with Gasteiger partial charge in [0.05, 0.1) is 4.92 Å².